The molecule has 0 aliphatic rings. The first kappa shape index (κ1) is 16.0. The van der Waals surface area contributed by atoms with Crippen LogP contribution in [0.2, 0.25) is 0 Å². The highest BCUT2D eigenvalue weighted by atomic mass is 16.1. The Labute approximate surface area is 151 Å². The van der Waals surface area contributed by atoms with Gasteiger partial charge in [0.25, 0.3) is 0 Å². The molecule has 0 spiro atoms. The molecule has 1 heterocycles. The summed E-state index contributed by atoms with van der Waals surface area (Å²) in [5.41, 5.74) is 2.25. The molecule has 0 atom stereocenters. The van der Waals surface area contributed by atoms with Gasteiger partial charge in [-0.3, -0.25) is 4.79 Å². The molecule has 4 rings (SSSR count). The van der Waals surface area contributed by atoms with Gasteiger partial charge in [-0.15, -0.1) is 5.10 Å². The van der Waals surface area contributed by atoms with Crippen LogP contribution in [0.4, 0.5) is 0 Å². The van der Waals surface area contributed by atoms with E-state index in [1.54, 1.807) is 4.68 Å². The van der Waals surface area contributed by atoms with E-state index >= 15 is 0 Å². The third-order valence-corrected chi connectivity index (χ3v) is 4.46. The summed E-state index contributed by atoms with van der Waals surface area (Å²) < 4.78 is 1.65. The Balaban J connectivity index is 2.12. The summed E-state index contributed by atoms with van der Waals surface area (Å²) in [5, 5.41) is 4.41. The number of rotatable bonds is 5. The van der Waals surface area contributed by atoms with Crippen molar-refractivity contribution >= 4 is 6.29 Å². The van der Waals surface area contributed by atoms with E-state index < -0.39 is 5.54 Å². The second kappa shape index (κ2) is 6.76. The van der Waals surface area contributed by atoms with Crippen molar-refractivity contribution in [1.29, 1.82) is 0 Å². The van der Waals surface area contributed by atoms with Gasteiger partial charge in [0.2, 0.25) is 5.82 Å². The van der Waals surface area contributed by atoms with Crippen molar-refractivity contribution in [3.05, 3.63) is 120 Å². The smallest absolute Gasteiger partial charge is 0.214 e. The van der Waals surface area contributed by atoms with Crippen molar-refractivity contribution in [3.63, 3.8) is 0 Å². The fourth-order valence-corrected chi connectivity index (χ4v) is 3.35. The largest absolute Gasteiger partial charge is 0.294 e. The van der Waals surface area contributed by atoms with Gasteiger partial charge in [-0.1, -0.05) is 91.0 Å². The van der Waals surface area contributed by atoms with Crippen LogP contribution in [-0.4, -0.2) is 21.1 Å². The number of hydrogen-bond donors (Lipinski definition) is 0. The summed E-state index contributed by atoms with van der Waals surface area (Å²) in [5.74, 6) is 0.108. The van der Waals surface area contributed by atoms with Gasteiger partial charge in [-0.05, 0) is 16.7 Å². The average Bonchev–Trinajstić information content (AvgIpc) is 3.21. The lowest BCUT2D eigenvalue weighted by atomic mass is 9.77. The first-order valence-electron chi connectivity index (χ1n) is 8.32. The second-order valence-corrected chi connectivity index (χ2v) is 5.91. The zero-order chi connectivity index (χ0) is 17.8. The third kappa shape index (κ3) is 2.52. The van der Waals surface area contributed by atoms with Crippen molar-refractivity contribution in [3.8, 4) is 0 Å². The van der Waals surface area contributed by atoms with E-state index in [1.165, 1.54) is 0 Å². The maximum atomic E-state index is 11.2. The summed E-state index contributed by atoms with van der Waals surface area (Å²) in [6, 6.07) is 30.2. The lowest BCUT2D eigenvalue weighted by Gasteiger charge is -2.35. The van der Waals surface area contributed by atoms with Crippen molar-refractivity contribution in [2.75, 3.05) is 0 Å². The van der Waals surface area contributed by atoms with Crippen molar-refractivity contribution in [2.45, 2.75) is 5.54 Å². The molecule has 0 unspecified atom stereocenters. The van der Waals surface area contributed by atoms with E-state index in [9.17, 15) is 4.79 Å². The average molecular weight is 338 g/mol. The fraction of sp³-hybridized carbons (Fsp3) is 0.0455. The lowest BCUT2D eigenvalue weighted by Crippen LogP contribution is -2.38. The molecule has 0 saturated heterocycles. The van der Waals surface area contributed by atoms with Crippen LogP contribution in [0.1, 0.15) is 27.3 Å². The van der Waals surface area contributed by atoms with Crippen LogP contribution >= 0.6 is 0 Å². The molecule has 0 N–H and O–H groups in total. The molecule has 0 amide bonds. The predicted molar refractivity (Wildman–Crippen MR) is 98.9 cm³/mol. The number of hydrogen-bond acceptors (Lipinski definition) is 3. The molecule has 0 saturated carbocycles. The van der Waals surface area contributed by atoms with Crippen LogP contribution in [0.15, 0.2) is 91.0 Å². The Kier molecular flexibility index (Phi) is 4.15. The Morgan fingerprint density at radius 3 is 1.50 bits per heavy atom. The van der Waals surface area contributed by atoms with Crippen molar-refractivity contribution < 1.29 is 4.79 Å². The summed E-state index contributed by atoms with van der Waals surface area (Å²) >= 11 is 0. The van der Waals surface area contributed by atoms with Crippen LogP contribution in [-0.2, 0) is 5.54 Å². The summed E-state index contributed by atoms with van der Waals surface area (Å²) in [7, 11) is 0. The van der Waals surface area contributed by atoms with Gasteiger partial charge in [0, 0.05) is 0 Å². The van der Waals surface area contributed by atoms with Crippen molar-refractivity contribution in [1.82, 2.24) is 14.8 Å². The maximum absolute atomic E-state index is 11.2. The molecule has 3 aromatic carbocycles. The molecule has 0 bridgehead atoms. The molecule has 125 valence electrons. The van der Waals surface area contributed by atoms with Gasteiger partial charge in [-0.25, -0.2) is 9.67 Å². The summed E-state index contributed by atoms with van der Waals surface area (Å²) in [6.45, 7) is 0. The molecule has 4 heteroatoms. The van der Waals surface area contributed by atoms with Gasteiger partial charge >= 0.3 is 0 Å². The highest BCUT2D eigenvalue weighted by Gasteiger charge is 2.39. The Bertz CT molecular complexity index is 899. The Morgan fingerprint density at radius 1 is 0.731 bits per heavy atom. The second-order valence-electron chi connectivity index (χ2n) is 5.91. The molecule has 0 aliphatic carbocycles. The van der Waals surface area contributed by atoms with Crippen LogP contribution in [0.25, 0.3) is 0 Å². The molecular weight excluding hydrogens is 322 g/mol. The highest BCUT2D eigenvalue weighted by Crippen LogP contribution is 2.39. The predicted octanol–water partition coefficient (Wildman–Crippen LogP) is 3.73. The number of aromatic nitrogens is 3. The summed E-state index contributed by atoms with van der Waals surface area (Å²) in [6.07, 6.45) is 3.56. The zero-order valence-electron chi connectivity index (χ0n) is 14.0. The highest BCUT2D eigenvalue weighted by molar-refractivity contribution is 5.68. The molecule has 4 aromatic rings. The minimum atomic E-state index is -0.780. The lowest BCUT2D eigenvalue weighted by molar-refractivity contribution is 0.111. The van der Waals surface area contributed by atoms with E-state index in [1.807, 2.05) is 54.6 Å². The van der Waals surface area contributed by atoms with E-state index in [-0.39, 0.29) is 5.82 Å². The molecule has 4 nitrogen and oxygen atoms in total. The molecule has 0 aliphatic heterocycles. The molecule has 1 aromatic heterocycles. The van der Waals surface area contributed by atoms with Gasteiger partial charge in [0.05, 0.1) is 0 Å². The maximum Gasteiger partial charge on any atom is 0.214 e. The number of carbonyl (C=O) groups excluding carboxylic acids is 1. The van der Waals surface area contributed by atoms with Crippen LogP contribution in [0, 0.1) is 6.33 Å². The monoisotopic (exact) mass is 338 g/mol. The Hall–Kier alpha value is -3.53. The quantitative estimate of drug-likeness (QED) is 0.411. The topological polar surface area (TPSA) is 47.8 Å². The van der Waals surface area contributed by atoms with Crippen LogP contribution in [0.3, 0.4) is 0 Å². The molecule has 0 fully saturated rings. The van der Waals surface area contributed by atoms with Crippen molar-refractivity contribution in [2.24, 2.45) is 0 Å². The van der Waals surface area contributed by atoms with Crippen LogP contribution < -0.4 is 0 Å². The van der Waals surface area contributed by atoms with Gasteiger partial charge in [-0.2, -0.15) is 0 Å². The minimum Gasteiger partial charge on any atom is -0.294 e. The fourth-order valence-electron chi connectivity index (χ4n) is 3.35. The third-order valence-electron chi connectivity index (χ3n) is 4.46. The van der Waals surface area contributed by atoms with Crippen LogP contribution in [0.5, 0.6) is 0 Å². The number of carbonyl (C=O) groups is 1. The van der Waals surface area contributed by atoms with Gasteiger partial charge in [0.1, 0.15) is 5.54 Å². The first-order valence-corrected chi connectivity index (χ1v) is 8.32. The SMILES string of the molecule is O=Cc1n[c]n(C(c2ccccc2)(c2ccccc2)c2ccccc2)n1. The number of nitrogens with zero attached hydrogens (tertiary/aromatic N) is 3. The minimum absolute atomic E-state index is 0.108. The molecule has 1 radical (unpaired) electrons. The standard InChI is InChI=1S/C22H16N3O/c26-16-21-23-17-25(24-21)22(18-10-4-1-5-11-18,19-12-6-2-7-13-19)20-14-8-3-9-15-20/h1-16H. The van der Waals surface area contributed by atoms with E-state index in [0.29, 0.717) is 6.29 Å². The number of aldehydes is 1. The van der Waals surface area contributed by atoms with Gasteiger partial charge in [0.15, 0.2) is 12.6 Å². The molecular formula is C22H16N3O. The van der Waals surface area contributed by atoms with E-state index in [0.717, 1.165) is 16.7 Å². The first-order chi connectivity index (χ1) is 12.9. The Morgan fingerprint density at radius 2 is 1.15 bits per heavy atom. The molecule has 26 heavy (non-hydrogen) atoms. The normalized spacial score (nSPS) is 11.2. The van der Waals surface area contributed by atoms with E-state index in [4.69, 9.17) is 0 Å². The van der Waals surface area contributed by atoms with Gasteiger partial charge < -0.3 is 0 Å². The number of benzene rings is 3. The zero-order valence-corrected chi connectivity index (χ0v) is 14.0. The van der Waals surface area contributed by atoms with E-state index in [2.05, 4.69) is 52.8 Å². The summed E-state index contributed by atoms with van der Waals surface area (Å²) in [4.78, 5) is 15.2.